The third kappa shape index (κ3) is 4.01. The van der Waals surface area contributed by atoms with E-state index in [0.29, 0.717) is 18.9 Å². The first-order valence-corrected chi connectivity index (χ1v) is 8.40. The highest BCUT2D eigenvalue weighted by molar-refractivity contribution is 5.69. The molecule has 0 N–H and O–H groups in total. The number of rotatable bonds is 5. The molecule has 0 atom stereocenters. The summed E-state index contributed by atoms with van der Waals surface area (Å²) >= 11 is 0. The van der Waals surface area contributed by atoms with Gasteiger partial charge in [0.05, 0.1) is 11.4 Å². The van der Waals surface area contributed by atoms with Gasteiger partial charge in [-0.1, -0.05) is 25.0 Å². The van der Waals surface area contributed by atoms with Gasteiger partial charge in [0.15, 0.2) is 0 Å². The summed E-state index contributed by atoms with van der Waals surface area (Å²) in [7, 11) is 0. The molecule has 1 aliphatic carbocycles. The standard InChI is InChI=1S/C19H24N2O2/c1-14-11-15(2)21(20-14)18-9-7-17(8-10-18)13-23-19(22)12-16-5-3-4-6-16/h7-11,16H,3-6,12-13H2,1-2H3. The average Bonchev–Trinajstić information content (AvgIpc) is 3.15. The fraction of sp³-hybridized carbons (Fsp3) is 0.474. The molecule has 4 nitrogen and oxygen atoms in total. The lowest BCUT2D eigenvalue weighted by atomic mass is 10.0. The number of ether oxygens (including phenoxy) is 1. The van der Waals surface area contributed by atoms with E-state index in [2.05, 4.69) is 11.2 Å². The molecule has 0 spiro atoms. The van der Waals surface area contributed by atoms with E-state index in [1.54, 1.807) is 0 Å². The van der Waals surface area contributed by atoms with Crippen molar-refractivity contribution in [3.63, 3.8) is 0 Å². The normalized spacial score (nSPS) is 15.0. The lowest BCUT2D eigenvalue weighted by Gasteiger charge is -2.10. The zero-order chi connectivity index (χ0) is 16.2. The van der Waals surface area contributed by atoms with Crippen LogP contribution in [-0.2, 0) is 16.1 Å². The van der Waals surface area contributed by atoms with E-state index in [1.807, 2.05) is 42.8 Å². The predicted octanol–water partition coefficient (Wildman–Crippen LogP) is 4.11. The van der Waals surface area contributed by atoms with Gasteiger partial charge in [0.2, 0.25) is 0 Å². The minimum absolute atomic E-state index is 0.0699. The minimum Gasteiger partial charge on any atom is -0.461 e. The van der Waals surface area contributed by atoms with E-state index < -0.39 is 0 Å². The fourth-order valence-corrected chi connectivity index (χ4v) is 3.30. The number of aromatic nitrogens is 2. The average molecular weight is 312 g/mol. The van der Waals surface area contributed by atoms with Crippen LogP contribution in [0.3, 0.4) is 0 Å². The zero-order valence-corrected chi connectivity index (χ0v) is 13.9. The number of carbonyl (C=O) groups excluding carboxylic acids is 1. The predicted molar refractivity (Wildman–Crippen MR) is 89.4 cm³/mol. The van der Waals surface area contributed by atoms with E-state index >= 15 is 0 Å². The first-order chi connectivity index (χ1) is 11.1. The molecule has 0 radical (unpaired) electrons. The van der Waals surface area contributed by atoms with Crippen molar-refractivity contribution in [3.05, 3.63) is 47.3 Å². The topological polar surface area (TPSA) is 44.1 Å². The molecule has 0 aliphatic heterocycles. The lowest BCUT2D eigenvalue weighted by molar-refractivity contribution is -0.146. The number of esters is 1. The Morgan fingerprint density at radius 3 is 2.52 bits per heavy atom. The SMILES string of the molecule is Cc1cc(C)n(-c2ccc(COC(=O)CC3CCCC3)cc2)n1. The number of aryl methyl sites for hydroxylation is 2. The maximum Gasteiger partial charge on any atom is 0.306 e. The molecule has 0 amide bonds. The van der Waals surface area contributed by atoms with Gasteiger partial charge in [-0.15, -0.1) is 0 Å². The Balaban J connectivity index is 1.55. The number of carbonyl (C=O) groups is 1. The maximum atomic E-state index is 11.9. The third-order valence-corrected chi connectivity index (χ3v) is 4.52. The highest BCUT2D eigenvalue weighted by atomic mass is 16.5. The van der Waals surface area contributed by atoms with E-state index in [-0.39, 0.29) is 5.97 Å². The molecule has 0 saturated heterocycles. The molecule has 23 heavy (non-hydrogen) atoms. The lowest BCUT2D eigenvalue weighted by Crippen LogP contribution is -2.09. The molecule has 2 aromatic rings. The van der Waals surface area contributed by atoms with Crippen LogP contribution in [0.4, 0.5) is 0 Å². The fourth-order valence-electron chi connectivity index (χ4n) is 3.30. The second-order valence-electron chi connectivity index (χ2n) is 6.52. The minimum atomic E-state index is -0.0699. The monoisotopic (exact) mass is 312 g/mol. The van der Waals surface area contributed by atoms with Gasteiger partial charge in [-0.2, -0.15) is 5.10 Å². The Morgan fingerprint density at radius 1 is 1.22 bits per heavy atom. The molecule has 0 unspecified atom stereocenters. The molecule has 1 aliphatic rings. The molecule has 1 saturated carbocycles. The van der Waals surface area contributed by atoms with Crippen LogP contribution in [0, 0.1) is 19.8 Å². The smallest absolute Gasteiger partial charge is 0.306 e. The van der Waals surface area contributed by atoms with Crippen LogP contribution in [0.1, 0.15) is 49.1 Å². The van der Waals surface area contributed by atoms with Crippen LogP contribution >= 0.6 is 0 Å². The Bertz CT molecular complexity index is 667. The molecular weight excluding hydrogens is 288 g/mol. The van der Waals surface area contributed by atoms with Gasteiger partial charge in [-0.05, 0) is 56.4 Å². The van der Waals surface area contributed by atoms with Gasteiger partial charge in [0.1, 0.15) is 6.61 Å². The Kier molecular flexibility index (Phi) is 4.79. The highest BCUT2D eigenvalue weighted by Gasteiger charge is 2.19. The third-order valence-electron chi connectivity index (χ3n) is 4.52. The van der Waals surface area contributed by atoms with Crippen molar-refractivity contribution in [1.82, 2.24) is 9.78 Å². The molecular formula is C19H24N2O2. The quantitative estimate of drug-likeness (QED) is 0.780. The summed E-state index contributed by atoms with van der Waals surface area (Å²) < 4.78 is 7.32. The Labute approximate surface area is 137 Å². The number of nitrogens with zero attached hydrogens (tertiary/aromatic N) is 2. The summed E-state index contributed by atoms with van der Waals surface area (Å²) in [6, 6.07) is 10.1. The molecule has 4 heteroatoms. The van der Waals surface area contributed by atoms with Crippen molar-refractivity contribution in [2.75, 3.05) is 0 Å². The van der Waals surface area contributed by atoms with E-state index in [0.717, 1.165) is 22.6 Å². The molecule has 1 aromatic heterocycles. The maximum absolute atomic E-state index is 11.9. The molecule has 1 heterocycles. The molecule has 0 bridgehead atoms. The van der Waals surface area contributed by atoms with Gasteiger partial charge in [-0.3, -0.25) is 4.79 Å². The van der Waals surface area contributed by atoms with Crippen molar-refractivity contribution in [1.29, 1.82) is 0 Å². The second kappa shape index (κ2) is 6.99. The van der Waals surface area contributed by atoms with Crippen LogP contribution in [0.25, 0.3) is 5.69 Å². The van der Waals surface area contributed by atoms with Crippen molar-refractivity contribution in [2.24, 2.45) is 5.92 Å². The Morgan fingerprint density at radius 2 is 1.91 bits per heavy atom. The van der Waals surface area contributed by atoms with Crippen molar-refractivity contribution in [3.8, 4) is 5.69 Å². The van der Waals surface area contributed by atoms with Crippen molar-refractivity contribution in [2.45, 2.75) is 52.6 Å². The number of benzene rings is 1. The van der Waals surface area contributed by atoms with Crippen molar-refractivity contribution >= 4 is 5.97 Å². The van der Waals surface area contributed by atoms with Gasteiger partial charge >= 0.3 is 5.97 Å². The van der Waals surface area contributed by atoms with E-state index in [9.17, 15) is 4.79 Å². The summed E-state index contributed by atoms with van der Waals surface area (Å²) in [5.74, 6) is 0.468. The van der Waals surface area contributed by atoms with E-state index in [1.165, 1.54) is 25.7 Å². The van der Waals surface area contributed by atoms with E-state index in [4.69, 9.17) is 4.74 Å². The molecule has 3 rings (SSSR count). The summed E-state index contributed by atoms with van der Waals surface area (Å²) in [5, 5.41) is 4.47. The summed E-state index contributed by atoms with van der Waals surface area (Å²) in [6.45, 7) is 4.38. The number of hydrogen-bond acceptors (Lipinski definition) is 3. The molecule has 1 fully saturated rings. The van der Waals surface area contributed by atoms with Gasteiger partial charge in [0.25, 0.3) is 0 Å². The van der Waals surface area contributed by atoms with Crippen LogP contribution < -0.4 is 0 Å². The van der Waals surface area contributed by atoms with Crippen LogP contribution in [-0.4, -0.2) is 15.7 Å². The first kappa shape index (κ1) is 15.8. The van der Waals surface area contributed by atoms with Crippen LogP contribution in [0.2, 0.25) is 0 Å². The molecule has 1 aromatic carbocycles. The van der Waals surface area contributed by atoms with Gasteiger partial charge in [0, 0.05) is 12.1 Å². The van der Waals surface area contributed by atoms with Gasteiger partial charge in [-0.25, -0.2) is 4.68 Å². The van der Waals surface area contributed by atoms with Crippen LogP contribution in [0.15, 0.2) is 30.3 Å². The zero-order valence-electron chi connectivity index (χ0n) is 13.9. The van der Waals surface area contributed by atoms with Gasteiger partial charge < -0.3 is 4.74 Å². The largest absolute Gasteiger partial charge is 0.461 e. The summed E-state index contributed by atoms with van der Waals surface area (Å²) in [4.78, 5) is 11.9. The summed E-state index contributed by atoms with van der Waals surface area (Å²) in [6.07, 6.45) is 5.43. The second-order valence-corrected chi connectivity index (χ2v) is 6.52. The van der Waals surface area contributed by atoms with Crippen LogP contribution in [0.5, 0.6) is 0 Å². The summed E-state index contributed by atoms with van der Waals surface area (Å²) in [5.41, 5.74) is 4.15. The number of hydrogen-bond donors (Lipinski definition) is 0. The molecule has 122 valence electrons. The first-order valence-electron chi connectivity index (χ1n) is 8.40. The van der Waals surface area contributed by atoms with Crippen molar-refractivity contribution < 1.29 is 9.53 Å². The highest BCUT2D eigenvalue weighted by Crippen LogP contribution is 2.27. The Hall–Kier alpha value is -2.10.